The maximum absolute atomic E-state index is 11.3. The molecule has 2 amide bonds. The summed E-state index contributed by atoms with van der Waals surface area (Å²) in [6.07, 6.45) is 5.39. The molecule has 2 aliphatic rings. The fourth-order valence-corrected chi connectivity index (χ4v) is 2.60. The minimum Gasteiger partial charge on any atom is -0.303 e. The van der Waals surface area contributed by atoms with Crippen molar-refractivity contribution in [1.29, 1.82) is 0 Å². The molecule has 2 rings (SSSR count). The average molecular weight is 210 g/mol. The Kier molecular flexibility index (Phi) is 3.05. The van der Waals surface area contributed by atoms with Gasteiger partial charge >= 0.3 is 0 Å². The highest BCUT2D eigenvalue weighted by atomic mass is 16.2. The zero-order valence-electron chi connectivity index (χ0n) is 9.08. The molecule has 1 saturated carbocycles. The number of nitrogens with one attached hydrogen (secondary N) is 2. The predicted molar refractivity (Wildman–Crippen MR) is 56.1 cm³/mol. The molecule has 1 aliphatic heterocycles. The summed E-state index contributed by atoms with van der Waals surface area (Å²) < 4.78 is 0. The lowest BCUT2D eigenvalue weighted by atomic mass is 9.99. The van der Waals surface area contributed by atoms with Gasteiger partial charge in [-0.05, 0) is 25.7 Å². The van der Waals surface area contributed by atoms with Crippen LogP contribution in [-0.4, -0.2) is 23.9 Å². The van der Waals surface area contributed by atoms with Crippen molar-refractivity contribution in [3.63, 3.8) is 0 Å². The van der Waals surface area contributed by atoms with Gasteiger partial charge < -0.3 is 5.32 Å². The number of hydrogen-bond acceptors (Lipinski definition) is 3. The Labute approximate surface area is 89.8 Å². The second kappa shape index (κ2) is 4.31. The number of imide groups is 1. The zero-order chi connectivity index (χ0) is 10.8. The maximum atomic E-state index is 11.3. The SMILES string of the molecule is C[C@@H](NC1CC(=O)NC1=O)C1CCCC1. The average Bonchev–Trinajstić information content (AvgIpc) is 2.76. The Balaban J connectivity index is 1.85. The van der Waals surface area contributed by atoms with E-state index >= 15 is 0 Å². The van der Waals surface area contributed by atoms with E-state index in [1.807, 2.05) is 0 Å². The third kappa shape index (κ3) is 2.37. The second-order valence-electron chi connectivity index (χ2n) is 4.67. The number of amides is 2. The van der Waals surface area contributed by atoms with Crippen LogP contribution in [0.1, 0.15) is 39.0 Å². The molecule has 4 heteroatoms. The first-order valence-electron chi connectivity index (χ1n) is 5.76. The van der Waals surface area contributed by atoms with E-state index in [1.54, 1.807) is 0 Å². The molecular formula is C11H18N2O2. The molecule has 2 N–H and O–H groups in total. The standard InChI is InChI=1S/C11H18N2O2/c1-7(8-4-2-3-5-8)12-9-6-10(14)13-11(9)15/h7-9,12H,2-6H2,1H3,(H,13,14,15)/t7-,9?/m1/s1. The molecule has 4 nitrogen and oxygen atoms in total. The summed E-state index contributed by atoms with van der Waals surface area (Å²) in [5.41, 5.74) is 0. The third-order valence-corrected chi connectivity index (χ3v) is 3.54. The fraction of sp³-hybridized carbons (Fsp3) is 0.818. The summed E-state index contributed by atoms with van der Waals surface area (Å²) in [4.78, 5) is 22.3. The molecule has 15 heavy (non-hydrogen) atoms. The first-order valence-corrected chi connectivity index (χ1v) is 5.76. The molecule has 2 atom stereocenters. The smallest absolute Gasteiger partial charge is 0.244 e. The van der Waals surface area contributed by atoms with Gasteiger partial charge in [-0.25, -0.2) is 0 Å². The normalized spacial score (nSPS) is 29.5. The van der Waals surface area contributed by atoms with Crippen LogP contribution in [0.25, 0.3) is 0 Å². The molecule has 0 radical (unpaired) electrons. The number of carbonyl (C=O) groups is 2. The predicted octanol–water partition coefficient (Wildman–Crippen LogP) is 0.570. The van der Waals surface area contributed by atoms with Gasteiger partial charge in [0.25, 0.3) is 0 Å². The van der Waals surface area contributed by atoms with Gasteiger partial charge in [-0.3, -0.25) is 14.9 Å². The molecule has 0 bridgehead atoms. The summed E-state index contributed by atoms with van der Waals surface area (Å²) in [6.45, 7) is 2.12. The second-order valence-corrected chi connectivity index (χ2v) is 4.67. The first-order chi connectivity index (χ1) is 7.16. The molecule has 1 heterocycles. The van der Waals surface area contributed by atoms with Crippen LogP contribution < -0.4 is 10.6 Å². The van der Waals surface area contributed by atoms with E-state index in [0.717, 1.165) is 0 Å². The van der Waals surface area contributed by atoms with Crippen molar-refractivity contribution < 1.29 is 9.59 Å². The topological polar surface area (TPSA) is 58.2 Å². The lowest BCUT2D eigenvalue weighted by Crippen LogP contribution is -2.44. The Morgan fingerprint density at radius 1 is 1.33 bits per heavy atom. The van der Waals surface area contributed by atoms with Gasteiger partial charge in [0.2, 0.25) is 11.8 Å². The van der Waals surface area contributed by atoms with Crippen LogP contribution in [0.5, 0.6) is 0 Å². The maximum Gasteiger partial charge on any atom is 0.244 e. The van der Waals surface area contributed by atoms with Crippen molar-refractivity contribution in [2.45, 2.75) is 51.1 Å². The van der Waals surface area contributed by atoms with Gasteiger partial charge in [-0.1, -0.05) is 12.8 Å². The molecule has 2 fully saturated rings. The van der Waals surface area contributed by atoms with E-state index in [9.17, 15) is 9.59 Å². The highest BCUT2D eigenvalue weighted by molar-refractivity contribution is 6.05. The van der Waals surface area contributed by atoms with E-state index in [1.165, 1.54) is 25.7 Å². The summed E-state index contributed by atoms with van der Waals surface area (Å²) in [6, 6.07) is 0.0438. The lowest BCUT2D eigenvalue weighted by Gasteiger charge is -2.22. The summed E-state index contributed by atoms with van der Waals surface area (Å²) in [5, 5.41) is 5.59. The Bertz CT molecular complexity index is 272. The minimum absolute atomic E-state index is 0.156. The number of rotatable bonds is 3. The van der Waals surface area contributed by atoms with Crippen LogP contribution in [0.3, 0.4) is 0 Å². The Morgan fingerprint density at radius 2 is 2.00 bits per heavy atom. The van der Waals surface area contributed by atoms with Crippen molar-refractivity contribution in [1.82, 2.24) is 10.6 Å². The monoisotopic (exact) mass is 210 g/mol. The fourth-order valence-electron chi connectivity index (χ4n) is 2.60. The van der Waals surface area contributed by atoms with E-state index in [4.69, 9.17) is 0 Å². The minimum atomic E-state index is -0.298. The lowest BCUT2D eigenvalue weighted by molar-refractivity contribution is -0.125. The molecule has 0 spiro atoms. The molecule has 0 aromatic heterocycles. The molecule has 84 valence electrons. The van der Waals surface area contributed by atoms with Crippen molar-refractivity contribution >= 4 is 11.8 Å². The van der Waals surface area contributed by atoms with Crippen LogP contribution in [-0.2, 0) is 9.59 Å². The van der Waals surface area contributed by atoms with Gasteiger partial charge in [0.1, 0.15) is 0 Å². The van der Waals surface area contributed by atoms with E-state index in [-0.39, 0.29) is 17.9 Å². The third-order valence-electron chi connectivity index (χ3n) is 3.54. The largest absolute Gasteiger partial charge is 0.303 e. The zero-order valence-corrected chi connectivity index (χ0v) is 9.08. The molecule has 1 aliphatic carbocycles. The molecule has 1 saturated heterocycles. The quantitative estimate of drug-likeness (QED) is 0.670. The highest BCUT2D eigenvalue weighted by Gasteiger charge is 2.33. The van der Waals surface area contributed by atoms with E-state index < -0.39 is 0 Å². The first kappa shape index (κ1) is 10.6. The van der Waals surface area contributed by atoms with Crippen LogP contribution in [0.4, 0.5) is 0 Å². The number of carbonyl (C=O) groups excluding carboxylic acids is 2. The van der Waals surface area contributed by atoms with Crippen LogP contribution in [0, 0.1) is 5.92 Å². The summed E-state index contributed by atoms with van der Waals surface area (Å²) >= 11 is 0. The van der Waals surface area contributed by atoms with Crippen LogP contribution in [0.2, 0.25) is 0 Å². The highest BCUT2D eigenvalue weighted by Crippen LogP contribution is 2.27. The van der Waals surface area contributed by atoms with E-state index in [2.05, 4.69) is 17.6 Å². The molecule has 0 aromatic carbocycles. The van der Waals surface area contributed by atoms with Gasteiger partial charge in [-0.2, -0.15) is 0 Å². The Morgan fingerprint density at radius 3 is 2.53 bits per heavy atom. The van der Waals surface area contributed by atoms with Crippen molar-refractivity contribution in [2.75, 3.05) is 0 Å². The number of hydrogen-bond donors (Lipinski definition) is 2. The summed E-state index contributed by atoms with van der Waals surface area (Å²) in [7, 11) is 0. The van der Waals surface area contributed by atoms with Crippen molar-refractivity contribution in [3.05, 3.63) is 0 Å². The van der Waals surface area contributed by atoms with Gasteiger partial charge in [0.05, 0.1) is 12.5 Å². The molecular weight excluding hydrogens is 192 g/mol. The van der Waals surface area contributed by atoms with Crippen molar-refractivity contribution in [2.24, 2.45) is 5.92 Å². The molecule has 0 aromatic rings. The van der Waals surface area contributed by atoms with Crippen LogP contribution in [0.15, 0.2) is 0 Å². The van der Waals surface area contributed by atoms with Gasteiger partial charge in [0.15, 0.2) is 0 Å². The van der Waals surface area contributed by atoms with Gasteiger partial charge in [-0.15, -0.1) is 0 Å². The van der Waals surface area contributed by atoms with E-state index in [0.29, 0.717) is 18.4 Å². The van der Waals surface area contributed by atoms with Crippen molar-refractivity contribution in [3.8, 4) is 0 Å². The Hall–Kier alpha value is -0.900. The summed E-state index contributed by atoms with van der Waals surface area (Å²) in [5.74, 6) is 0.356. The van der Waals surface area contributed by atoms with Crippen LogP contribution >= 0.6 is 0 Å². The molecule has 1 unspecified atom stereocenters. The van der Waals surface area contributed by atoms with Gasteiger partial charge in [0, 0.05) is 6.04 Å².